The van der Waals surface area contributed by atoms with Crippen molar-refractivity contribution in [2.24, 2.45) is 0 Å². The predicted molar refractivity (Wildman–Crippen MR) is 85.1 cm³/mol. The van der Waals surface area contributed by atoms with Crippen LogP contribution in [0.15, 0.2) is 30.3 Å². The number of carbonyl (C=O) groups excluding carboxylic acids is 1. The smallest absolute Gasteiger partial charge is 0.263 e. The zero-order chi connectivity index (χ0) is 14.8. The van der Waals surface area contributed by atoms with Gasteiger partial charge in [0.2, 0.25) is 0 Å². The lowest BCUT2D eigenvalue weighted by Crippen LogP contribution is -2.25. The van der Waals surface area contributed by atoms with Crippen molar-refractivity contribution in [1.82, 2.24) is 4.90 Å². The van der Waals surface area contributed by atoms with Crippen LogP contribution in [-0.4, -0.2) is 25.0 Å². The van der Waals surface area contributed by atoms with Crippen LogP contribution in [0.1, 0.15) is 32.1 Å². The Labute approximate surface area is 129 Å². The van der Waals surface area contributed by atoms with E-state index < -0.39 is 0 Å². The molecule has 0 atom stereocenters. The van der Waals surface area contributed by atoms with Gasteiger partial charge in [0.1, 0.15) is 5.75 Å². The van der Waals surface area contributed by atoms with Crippen molar-refractivity contribution in [3.8, 4) is 5.75 Å². The molecule has 4 heteroatoms. The largest absolute Gasteiger partial charge is 0.496 e. The summed E-state index contributed by atoms with van der Waals surface area (Å²) in [5.41, 5.74) is 2.40. The van der Waals surface area contributed by atoms with Crippen LogP contribution in [0, 0.1) is 0 Å². The van der Waals surface area contributed by atoms with E-state index in [4.69, 9.17) is 4.74 Å². The van der Waals surface area contributed by atoms with Crippen LogP contribution < -0.4 is 4.74 Å². The first-order valence-electron chi connectivity index (χ1n) is 7.18. The molecule has 3 rings (SSSR count). The van der Waals surface area contributed by atoms with E-state index in [1.54, 1.807) is 23.3 Å². The van der Waals surface area contributed by atoms with Crippen LogP contribution in [0.5, 0.6) is 5.75 Å². The molecule has 0 unspecified atom stereocenters. The van der Waals surface area contributed by atoms with E-state index in [0.29, 0.717) is 6.54 Å². The Morgan fingerprint density at radius 1 is 1.33 bits per heavy atom. The molecule has 1 aliphatic carbocycles. The Kier molecular flexibility index (Phi) is 3.97. The number of hydrogen-bond donors (Lipinski definition) is 0. The summed E-state index contributed by atoms with van der Waals surface area (Å²) in [5.74, 6) is 0.922. The highest BCUT2D eigenvalue weighted by Gasteiger charge is 2.21. The predicted octanol–water partition coefficient (Wildman–Crippen LogP) is 3.52. The molecule has 0 radical (unpaired) electrons. The van der Waals surface area contributed by atoms with Crippen LogP contribution >= 0.6 is 11.3 Å². The first kappa shape index (κ1) is 14.1. The van der Waals surface area contributed by atoms with Crippen molar-refractivity contribution in [1.29, 1.82) is 0 Å². The van der Waals surface area contributed by atoms with Crippen molar-refractivity contribution in [3.05, 3.63) is 51.2 Å². The molecular formula is C17H19NO2S. The summed E-state index contributed by atoms with van der Waals surface area (Å²) in [5, 5.41) is 0. The minimum atomic E-state index is 0.0975. The second kappa shape index (κ2) is 5.90. The molecule has 2 aromatic rings. The Morgan fingerprint density at radius 2 is 2.14 bits per heavy atom. The average molecular weight is 301 g/mol. The molecule has 3 nitrogen and oxygen atoms in total. The SMILES string of the molecule is COc1ccccc1CN(C)C(=O)c1cc2c(s1)CCC2. The summed E-state index contributed by atoms with van der Waals surface area (Å²) in [6.07, 6.45) is 3.48. The number of benzene rings is 1. The van der Waals surface area contributed by atoms with E-state index in [0.717, 1.165) is 29.0 Å². The molecule has 1 heterocycles. The van der Waals surface area contributed by atoms with Crippen LogP contribution in [0.4, 0.5) is 0 Å². The number of fused-ring (bicyclic) bond motifs is 1. The van der Waals surface area contributed by atoms with Gasteiger partial charge in [-0.05, 0) is 37.0 Å². The van der Waals surface area contributed by atoms with Crippen LogP contribution in [0.3, 0.4) is 0 Å². The van der Waals surface area contributed by atoms with E-state index in [-0.39, 0.29) is 5.91 Å². The highest BCUT2D eigenvalue weighted by atomic mass is 32.1. The van der Waals surface area contributed by atoms with Crippen LogP contribution in [0.2, 0.25) is 0 Å². The summed E-state index contributed by atoms with van der Waals surface area (Å²) in [7, 11) is 3.50. The van der Waals surface area contributed by atoms with Crippen molar-refractivity contribution >= 4 is 17.2 Å². The Morgan fingerprint density at radius 3 is 2.90 bits per heavy atom. The molecule has 0 N–H and O–H groups in total. The molecule has 0 fully saturated rings. The molecule has 1 aromatic heterocycles. The van der Waals surface area contributed by atoms with E-state index >= 15 is 0 Å². The van der Waals surface area contributed by atoms with Gasteiger partial charge in [-0.25, -0.2) is 0 Å². The molecule has 0 saturated heterocycles. The highest BCUT2D eigenvalue weighted by Crippen LogP contribution is 2.31. The molecule has 1 aromatic carbocycles. The summed E-state index contributed by atoms with van der Waals surface area (Å²) >= 11 is 1.66. The Balaban J connectivity index is 1.75. The van der Waals surface area contributed by atoms with Gasteiger partial charge in [0.15, 0.2) is 0 Å². The number of rotatable bonds is 4. The van der Waals surface area contributed by atoms with Gasteiger partial charge in [-0.3, -0.25) is 4.79 Å². The average Bonchev–Trinajstić information content (AvgIpc) is 3.08. The molecule has 110 valence electrons. The van der Waals surface area contributed by atoms with Gasteiger partial charge in [0, 0.05) is 24.0 Å². The maximum atomic E-state index is 12.5. The van der Waals surface area contributed by atoms with Crippen molar-refractivity contribution in [2.75, 3.05) is 14.2 Å². The molecule has 1 aliphatic rings. The quantitative estimate of drug-likeness (QED) is 0.865. The second-order valence-electron chi connectivity index (χ2n) is 5.39. The van der Waals surface area contributed by atoms with Gasteiger partial charge < -0.3 is 9.64 Å². The number of hydrogen-bond acceptors (Lipinski definition) is 3. The molecule has 0 spiro atoms. The van der Waals surface area contributed by atoms with E-state index in [9.17, 15) is 4.79 Å². The van der Waals surface area contributed by atoms with E-state index in [2.05, 4.69) is 6.07 Å². The number of methoxy groups -OCH3 is 1. The summed E-state index contributed by atoms with van der Waals surface area (Å²) in [6.45, 7) is 0.561. The van der Waals surface area contributed by atoms with Crippen LogP contribution in [-0.2, 0) is 19.4 Å². The van der Waals surface area contributed by atoms with Gasteiger partial charge >= 0.3 is 0 Å². The summed E-state index contributed by atoms with van der Waals surface area (Å²) < 4.78 is 5.35. The third-order valence-corrected chi connectivity index (χ3v) is 5.13. The maximum absolute atomic E-state index is 12.5. The zero-order valence-corrected chi connectivity index (χ0v) is 13.2. The lowest BCUT2D eigenvalue weighted by molar-refractivity contribution is 0.0789. The molecule has 0 aliphatic heterocycles. The standard InChI is InChI=1S/C17H19NO2S/c1-18(11-13-6-3-4-8-14(13)20-2)17(19)16-10-12-7-5-9-15(12)21-16/h3-4,6,8,10H,5,7,9,11H2,1-2H3. The van der Waals surface area contributed by atoms with E-state index in [1.165, 1.54) is 16.9 Å². The number of ether oxygens (including phenoxy) is 1. The molecule has 0 bridgehead atoms. The maximum Gasteiger partial charge on any atom is 0.263 e. The molecule has 21 heavy (non-hydrogen) atoms. The monoisotopic (exact) mass is 301 g/mol. The fourth-order valence-electron chi connectivity index (χ4n) is 2.78. The van der Waals surface area contributed by atoms with Gasteiger partial charge in [-0.1, -0.05) is 18.2 Å². The van der Waals surface area contributed by atoms with Gasteiger partial charge in [0.05, 0.1) is 12.0 Å². The van der Waals surface area contributed by atoms with Crippen molar-refractivity contribution in [3.63, 3.8) is 0 Å². The topological polar surface area (TPSA) is 29.5 Å². The third kappa shape index (κ3) is 2.81. The summed E-state index contributed by atoms with van der Waals surface area (Å²) in [4.78, 5) is 16.6. The minimum Gasteiger partial charge on any atom is -0.496 e. The van der Waals surface area contributed by atoms with Gasteiger partial charge in [-0.15, -0.1) is 11.3 Å². The third-order valence-electron chi connectivity index (χ3n) is 3.90. The molecule has 1 amide bonds. The zero-order valence-electron chi connectivity index (χ0n) is 12.4. The van der Waals surface area contributed by atoms with Crippen molar-refractivity contribution < 1.29 is 9.53 Å². The Bertz CT molecular complexity index is 641. The Hall–Kier alpha value is -1.81. The first-order valence-corrected chi connectivity index (χ1v) is 7.99. The number of amides is 1. The molecular weight excluding hydrogens is 282 g/mol. The summed E-state index contributed by atoms with van der Waals surface area (Å²) in [6, 6.07) is 9.91. The first-order chi connectivity index (χ1) is 10.2. The number of aryl methyl sites for hydroxylation is 2. The normalized spacial score (nSPS) is 13.0. The number of nitrogens with zero attached hydrogens (tertiary/aromatic N) is 1. The van der Waals surface area contributed by atoms with E-state index in [1.807, 2.05) is 31.3 Å². The lowest BCUT2D eigenvalue weighted by atomic mass is 10.2. The second-order valence-corrected chi connectivity index (χ2v) is 6.52. The fourth-order valence-corrected chi connectivity index (χ4v) is 4.03. The van der Waals surface area contributed by atoms with Crippen LogP contribution in [0.25, 0.3) is 0 Å². The minimum absolute atomic E-state index is 0.0975. The number of carbonyl (C=O) groups is 1. The van der Waals surface area contributed by atoms with Gasteiger partial charge in [-0.2, -0.15) is 0 Å². The van der Waals surface area contributed by atoms with Gasteiger partial charge in [0.25, 0.3) is 5.91 Å². The lowest BCUT2D eigenvalue weighted by Gasteiger charge is -2.18. The number of para-hydroxylation sites is 1. The number of thiophene rings is 1. The molecule has 0 saturated carbocycles. The fraction of sp³-hybridized carbons (Fsp3) is 0.353. The van der Waals surface area contributed by atoms with Crippen molar-refractivity contribution in [2.45, 2.75) is 25.8 Å². The highest BCUT2D eigenvalue weighted by molar-refractivity contribution is 7.14.